The maximum atomic E-state index is 4.90. The van der Waals surface area contributed by atoms with Gasteiger partial charge in [-0.25, -0.2) is 0 Å². The number of aryl methyl sites for hydroxylation is 4. The minimum Gasteiger partial charge on any atom is -0.251 e. The van der Waals surface area contributed by atoms with Gasteiger partial charge in [0.15, 0.2) is 0 Å². The third-order valence-electron chi connectivity index (χ3n) is 7.98. The Bertz CT molecular complexity index is 2150. The smallest absolute Gasteiger partial charge is 0.0974 e. The summed E-state index contributed by atoms with van der Waals surface area (Å²) in [5.74, 6) is 0. The molecule has 4 heterocycles. The highest BCUT2D eigenvalue weighted by molar-refractivity contribution is 6.12. The first-order valence-electron chi connectivity index (χ1n) is 14.9. The molecule has 0 amide bonds. The predicted octanol–water partition coefficient (Wildman–Crippen LogP) is 10.1. The fraction of sp³-hybridized carbons (Fsp3) is 0.100. The van der Waals surface area contributed by atoms with Crippen molar-refractivity contribution in [2.75, 3.05) is 0 Å². The third-order valence-corrected chi connectivity index (χ3v) is 7.98. The lowest BCUT2D eigenvalue weighted by Crippen LogP contribution is -1.94. The molecule has 0 fully saturated rings. The number of pyridine rings is 4. The van der Waals surface area contributed by atoms with Crippen LogP contribution < -0.4 is 0 Å². The molecule has 8 rings (SSSR count). The van der Waals surface area contributed by atoms with Crippen molar-refractivity contribution in [2.24, 2.45) is 0 Å². The van der Waals surface area contributed by atoms with Crippen LogP contribution in [0, 0.1) is 27.7 Å². The van der Waals surface area contributed by atoms with Crippen LogP contribution in [0.4, 0.5) is 0 Å². The molecule has 0 aliphatic heterocycles. The minimum absolute atomic E-state index is 0.970. The van der Waals surface area contributed by atoms with Gasteiger partial charge in [0.25, 0.3) is 0 Å². The Labute approximate surface area is 257 Å². The van der Waals surface area contributed by atoms with Gasteiger partial charge in [0.1, 0.15) is 0 Å². The summed E-state index contributed by atoms with van der Waals surface area (Å²) in [4.78, 5) is 19.0. The van der Waals surface area contributed by atoms with Gasteiger partial charge in [0.2, 0.25) is 0 Å². The Balaban J connectivity index is 0.000000165. The van der Waals surface area contributed by atoms with E-state index in [-0.39, 0.29) is 0 Å². The Morgan fingerprint density at radius 1 is 0.341 bits per heavy atom. The molecule has 0 radical (unpaired) electrons. The van der Waals surface area contributed by atoms with Crippen LogP contribution in [-0.4, -0.2) is 19.9 Å². The van der Waals surface area contributed by atoms with E-state index in [2.05, 4.69) is 121 Å². The van der Waals surface area contributed by atoms with Crippen molar-refractivity contribution in [3.05, 3.63) is 144 Å². The molecule has 44 heavy (non-hydrogen) atoms. The molecule has 4 aromatic carbocycles. The largest absolute Gasteiger partial charge is 0.251 e. The first-order chi connectivity index (χ1) is 21.4. The highest BCUT2D eigenvalue weighted by Gasteiger charge is 2.14. The second kappa shape index (κ2) is 11.3. The van der Waals surface area contributed by atoms with Gasteiger partial charge >= 0.3 is 0 Å². The first kappa shape index (κ1) is 27.4. The van der Waals surface area contributed by atoms with Crippen molar-refractivity contribution in [1.29, 1.82) is 0 Å². The van der Waals surface area contributed by atoms with Crippen LogP contribution in [0.15, 0.2) is 121 Å². The number of fused-ring (bicyclic) bond motifs is 6. The molecule has 0 aliphatic rings. The maximum absolute atomic E-state index is 4.90. The van der Waals surface area contributed by atoms with Crippen LogP contribution in [0.25, 0.3) is 65.9 Å². The fourth-order valence-corrected chi connectivity index (χ4v) is 5.91. The van der Waals surface area contributed by atoms with Crippen LogP contribution in [0.1, 0.15) is 22.8 Å². The van der Waals surface area contributed by atoms with Crippen molar-refractivity contribution in [2.45, 2.75) is 27.7 Å². The van der Waals surface area contributed by atoms with Gasteiger partial charge in [-0.1, -0.05) is 97.1 Å². The van der Waals surface area contributed by atoms with Crippen molar-refractivity contribution in [1.82, 2.24) is 19.9 Å². The van der Waals surface area contributed by atoms with Gasteiger partial charge in [-0.3, -0.25) is 19.9 Å². The molecular weight excluding hydrogens is 536 g/mol. The zero-order valence-electron chi connectivity index (χ0n) is 25.3. The Morgan fingerprint density at radius 2 is 0.705 bits per heavy atom. The van der Waals surface area contributed by atoms with Gasteiger partial charge in [-0.05, 0) is 74.2 Å². The zero-order chi connectivity index (χ0) is 30.2. The van der Waals surface area contributed by atoms with E-state index in [0.29, 0.717) is 0 Å². The van der Waals surface area contributed by atoms with Gasteiger partial charge in [-0.2, -0.15) is 0 Å². The highest BCUT2D eigenvalue weighted by atomic mass is 14.8. The first-order valence-corrected chi connectivity index (χ1v) is 14.9. The predicted molar refractivity (Wildman–Crippen MR) is 184 cm³/mol. The van der Waals surface area contributed by atoms with E-state index in [1.165, 1.54) is 22.3 Å². The zero-order valence-corrected chi connectivity index (χ0v) is 25.3. The van der Waals surface area contributed by atoms with Gasteiger partial charge in [0.05, 0.1) is 22.1 Å². The summed E-state index contributed by atoms with van der Waals surface area (Å²) >= 11 is 0. The molecule has 0 saturated carbocycles. The molecule has 0 aliphatic carbocycles. The molecule has 4 aromatic heterocycles. The van der Waals surface area contributed by atoms with E-state index in [4.69, 9.17) is 9.97 Å². The second-order valence-corrected chi connectivity index (χ2v) is 11.3. The number of hydrogen-bond donors (Lipinski definition) is 0. The third kappa shape index (κ3) is 5.16. The number of nitrogens with zero attached hydrogens (tertiary/aromatic N) is 4. The van der Waals surface area contributed by atoms with E-state index >= 15 is 0 Å². The summed E-state index contributed by atoms with van der Waals surface area (Å²) in [6.07, 6.45) is 0. The number of aromatic nitrogens is 4. The summed E-state index contributed by atoms with van der Waals surface area (Å²) in [7, 11) is 0. The molecule has 212 valence electrons. The normalized spacial score (nSPS) is 11.2. The van der Waals surface area contributed by atoms with E-state index in [0.717, 1.165) is 66.4 Å². The van der Waals surface area contributed by atoms with Crippen LogP contribution in [0.3, 0.4) is 0 Å². The number of rotatable bonds is 2. The van der Waals surface area contributed by atoms with E-state index in [9.17, 15) is 0 Å². The average Bonchev–Trinajstić information content (AvgIpc) is 3.05. The van der Waals surface area contributed by atoms with Crippen molar-refractivity contribution >= 4 is 43.6 Å². The lowest BCUT2D eigenvalue weighted by molar-refractivity contribution is 1.23. The Kier molecular flexibility index (Phi) is 7.03. The van der Waals surface area contributed by atoms with Crippen LogP contribution in [0.2, 0.25) is 0 Å². The van der Waals surface area contributed by atoms with Crippen molar-refractivity contribution in [3.8, 4) is 22.3 Å². The maximum Gasteiger partial charge on any atom is 0.0974 e. The summed E-state index contributed by atoms with van der Waals surface area (Å²) in [6.45, 7) is 8.12. The molecule has 0 saturated heterocycles. The minimum atomic E-state index is 0.970. The highest BCUT2D eigenvalue weighted by Crippen LogP contribution is 2.36. The Hall–Kier alpha value is -5.48. The van der Waals surface area contributed by atoms with E-state index < -0.39 is 0 Å². The van der Waals surface area contributed by atoms with Gasteiger partial charge in [-0.15, -0.1) is 0 Å². The van der Waals surface area contributed by atoms with E-state index in [1.807, 2.05) is 38.1 Å². The summed E-state index contributed by atoms with van der Waals surface area (Å²) in [5, 5.41) is 4.58. The molecule has 0 atom stereocenters. The lowest BCUT2D eigenvalue weighted by atomic mass is 9.95. The Morgan fingerprint density at radius 3 is 1.11 bits per heavy atom. The molecule has 0 unspecified atom stereocenters. The van der Waals surface area contributed by atoms with Gasteiger partial charge in [0, 0.05) is 44.3 Å². The summed E-state index contributed by atoms with van der Waals surface area (Å²) < 4.78 is 0. The SMILES string of the molecule is Cc1cc(-c2ccccc2)c2ccc3c(-c4ccccc4)cc(C)nc3c2n1.Cc1ccc2ccc3ccc(C)nc3c2n1. The van der Waals surface area contributed by atoms with Crippen LogP contribution in [-0.2, 0) is 0 Å². The molecule has 8 aromatic rings. The molecule has 0 spiro atoms. The molecule has 0 N–H and O–H groups in total. The number of benzene rings is 4. The summed E-state index contributed by atoms with van der Waals surface area (Å²) in [5.41, 5.74) is 12.8. The van der Waals surface area contributed by atoms with Crippen molar-refractivity contribution < 1.29 is 0 Å². The average molecular weight is 569 g/mol. The van der Waals surface area contributed by atoms with Crippen LogP contribution in [0.5, 0.6) is 0 Å². The van der Waals surface area contributed by atoms with Crippen molar-refractivity contribution in [3.63, 3.8) is 0 Å². The molecule has 4 heteroatoms. The lowest BCUT2D eigenvalue weighted by Gasteiger charge is -2.13. The molecular formula is C40H32N4. The van der Waals surface area contributed by atoms with E-state index in [1.54, 1.807) is 0 Å². The van der Waals surface area contributed by atoms with Crippen LogP contribution >= 0.6 is 0 Å². The topological polar surface area (TPSA) is 51.6 Å². The molecule has 0 bridgehead atoms. The summed E-state index contributed by atoms with van der Waals surface area (Å²) in [6, 6.07) is 42.2. The fourth-order valence-electron chi connectivity index (χ4n) is 5.91. The van der Waals surface area contributed by atoms with Gasteiger partial charge < -0.3 is 0 Å². The standard InChI is InChI=1S/C26H20N2.C14H12N2/c1-17-15-23(19-9-5-3-6-10-19)21-13-14-22-24(20-11-7-4-8-12-20)16-18(2)28-26(22)25(21)27-17;1-9-3-5-11-7-8-12-6-4-10(2)16-14(12)13(11)15-9/h3-16H,1-2H3;3-8H,1-2H3. The second-order valence-electron chi connectivity index (χ2n) is 11.3. The molecule has 4 nitrogen and oxygen atoms in total. The number of hydrogen-bond acceptors (Lipinski definition) is 4. The quantitative estimate of drug-likeness (QED) is 0.195. The monoisotopic (exact) mass is 568 g/mol.